The summed E-state index contributed by atoms with van der Waals surface area (Å²) in [6.45, 7) is 2.00. The van der Waals surface area contributed by atoms with Gasteiger partial charge in [-0.05, 0) is 35.1 Å². The molecule has 0 bridgehead atoms. The number of pyridine rings is 1. The smallest absolute Gasteiger partial charge is 0.0576 e. The lowest BCUT2D eigenvalue weighted by atomic mass is 9.93. The maximum atomic E-state index is 6.45. The molecule has 0 aliphatic heterocycles. The maximum Gasteiger partial charge on any atom is 0.0576 e. The summed E-state index contributed by atoms with van der Waals surface area (Å²) in [6, 6.07) is 13.8. The van der Waals surface area contributed by atoms with E-state index in [1.165, 1.54) is 0 Å². The zero-order valence-corrected chi connectivity index (χ0v) is 11.9. The molecule has 20 heavy (non-hydrogen) atoms. The predicted octanol–water partition coefficient (Wildman–Crippen LogP) is 4.24. The van der Waals surface area contributed by atoms with Crippen molar-refractivity contribution in [2.75, 3.05) is 0 Å². The highest BCUT2D eigenvalue weighted by Crippen LogP contribution is 2.30. The van der Waals surface area contributed by atoms with Crippen LogP contribution in [0.1, 0.15) is 22.7 Å². The quantitative estimate of drug-likeness (QED) is 0.763. The molecule has 3 rings (SSSR count). The third-order valence-electron chi connectivity index (χ3n) is 3.68. The van der Waals surface area contributed by atoms with Gasteiger partial charge < -0.3 is 5.73 Å². The van der Waals surface area contributed by atoms with Gasteiger partial charge in [0.2, 0.25) is 0 Å². The van der Waals surface area contributed by atoms with Gasteiger partial charge in [0.1, 0.15) is 0 Å². The minimum absolute atomic E-state index is 0.229. The molecule has 0 aliphatic rings. The van der Waals surface area contributed by atoms with E-state index < -0.39 is 0 Å². The number of hydrogen-bond acceptors (Lipinski definition) is 2. The van der Waals surface area contributed by atoms with Gasteiger partial charge in [-0.25, -0.2) is 0 Å². The second kappa shape index (κ2) is 5.23. The molecule has 0 amide bonds. The molecule has 2 N–H and O–H groups in total. The van der Waals surface area contributed by atoms with E-state index >= 15 is 0 Å². The van der Waals surface area contributed by atoms with E-state index in [1.54, 1.807) is 0 Å². The average Bonchev–Trinajstić information content (AvgIpc) is 2.49. The zero-order valence-electron chi connectivity index (χ0n) is 11.2. The van der Waals surface area contributed by atoms with Crippen LogP contribution >= 0.6 is 11.6 Å². The molecule has 0 radical (unpaired) electrons. The summed E-state index contributed by atoms with van der Waals surface area (Å²) >= 11 is 6.19. The first-order valence-electron chi connectivity index (χ1n) is 6.51. The Kier molecular flexibility index (Phi) is 3.43. The van der Waals surface area contributed by atoms with Gasteiger partial charge in [0.25, 0.3) is 0 Å². The lowest BCUT2D eigenvalue weighted by Crippen LogP contribution is -2.14. The SMILES string of the molecule is Cc1c(Cl)cccc1C(N)c1cncc2ccccc12. The van der Waals surface area contributed by atoms with Crippen LogP contribution in [-0.4, -0.2) is 4.98 Å². The van der Waals surface area contributed by atoms with Crippen molar-refractivity contribution < 1.29 is 0 Å². The van der Waals surface area contributed by atoms with Gasteiger partial charge in [-0.3, -0.25) is 4.98 Å². The van der Waals surface area contributed by atoms with Gasteiger partial charge in [0, 0.05) is 22.8 Å². The van der Waals surface area contributed by atoms with Gasteiger partial charge >= 0.3 is 0 Å². The van der Waals surface area contributed by atoms with E-state index in [9.17, 15) is 0 Å². The van der Waals surface area contributed by atoms with Crippen molar-refractivity contribution in [3.63, 3.8) is 0 Å². The van der Waals surface area contributed by atoms with E-state index in [1.807, 2.05) is 55.7 Å². The number of fused-ring (bicyclic) bond motifs is 1. The van der Waals surface area contributed by atoms with Crippen LogP contribution in [0.4, 0.5) is 0 Å². The van der Waals surface area contributed by atoms with Crippen LogP contribution in [-0.2, 0) is 0 Å². The van der Waals surface area contributed by atoms with Crippen LogP contribution in [0.25, 0.3) is 10.8 Å². The third kappa shape index (κ3) is 2.17. The highest BCUT2D eigenvalue weighted by atomic mass is 35.5. The first kappa shape index (κ1) is 13.1. The molecule has 0 saturated carbocycles. The molecule has 0 fully saturated rings. The third-order valence-corrected chi connectivity index (χ3v) is 4.09. The molecular formula is C17H15ClN2. The van der Waals surface area contributed by atoms with Gasteiger partial charge in [-0.2, -0.15) is 0 Å². The van der Waals surface area contributed by atoms with Crippen LogP contribution in [0.2, 0.25) is 5.02 Å². The van der Waals surface area contributed by atoms with Crippen LogP contribution in [0.5, 0.6) is 0 Å². The minimum atomic E-state index is -0.229. The summed E-state index contributed by atoms with van der Waals surface area (Å²) in [6.07, 6.45) is 3.70. The van der Waals surface area contributed by atoms with Crippen LogP contribution < -0.4 is 5.73 Å². The van der Waals surface area contributed by atoms with Gasteiger partial charge in [0.05, 0.1) is 6.04 Å². The van der Waals surface area contributed by atoms with E-state index in [-0.39, 0.29) is 6.04 Å². The molecule has 1 aromatic heterocycles. The molecule has 2 aromatic carbocycles. The van der Waals surface area contributed by atoms with Crippen LogP contribution in [0.15, 0.2) is 54.9 Å². The molecule has 0 aliphatic carbocycles. The summed E-state index contributed by atoms with van der Waals surface area (Å²) in [7, 11) is 0. The first-order valence-corrected chi connectivity index (χ1v) is 6.89. The summed E-state index contributed by atoms with van der Waals surface area (Å²) in [5, 5.41) is 2.97. The molecule has 1 atom stereocenters. The van der Waals surface area contributed by atoms with Crippen LogP contribution in [0.3, 0.4) is 0 Å². The van der Waals surface area contributed by atoms with E-state index in [0.29, 0.717) is 0 Å². The molecule has 1 heterocycles. The Bertz CT molecular complexity index is 763. The van der Waals surface area contributed by atoms with Crippen molar-refractivity contribution in [1.29, 1.82) is 0 Å². The average molecular weight is 283 g/mol. The second-order valence-electron chi connectivity index (χ2n) is 4.88. The molecule has 1 unspecified atom stereocenters. The monoisotopic (exact) mass is 282 g/mol. The van der Waals surface area contributed by atoms with Gasteiger partial charge in [0.15, 0.2) is 0 Å². The van der Waals surface area contributed by atoms with Crippen molar-refractivity contribution in [1.82, 2.24) is 4.98 Å². The van der Waals surface area contributed by atoms with Gasteiger partial charge in [-0.1, -0.05) is 48.0 Å². The lowest BCUT2D eigenvalue weighted by Gasteiger charge is -2.17. The Labute approximate surface area is 123 Å². The fraction of sp³-hybridized carbons (Fsp3) is 0.118. The number of hydrogen-bond donors (Lipinski definition) is 1. The van der Waals surface area contributed by atoms with Gasteiger partial charge in [-0.15, -0.1) is 0 Å². The molecule has 0 spiro atoms. The summed E-state index contributed by atoms with van der Waals surface area (Å²) in [5.41, 5.74) is 9.54. The van der Waals surface area contributed by atoms with E-state index in [0.717, 1.165) is 32.5 Å². The number of aromatic nitrogens is 1. The molecule has 100 valence electrons. The topological polar surface area (TPSA) is 38.9 Å². The van der Waals surface area contributed by atoms with Crippen molar-refractivity contribution >= 4 is 22.4 Å². The maximum absolute atomic E-state index is 6.45. The number of nitrogens with zero attached hydrogens (tertiary/aromatic N) is 1. The second-order valence-corrected chi connectivity index (χ2v) is 5.29. The summed E-state index contributed by atoms with van der Waals surface area (Å²) in [5.74, 6) is 0. The highest BCUT2D eigenvalue weighted by molar-refractivity contribution is 6.31. The first-order chi connectivity index (χ1) is 9.68. The van der Waals surface area contributed by atoms with Crippen molar-refractivity contribution in [2.45, 2.75) is 13.0 Å². The fourth-order valence-corrected chi connectivity index (χ4v) is 2.70. The minimum Gasteiger partial charge on any atom is -0.320 e. The molecule has 3 heteroatoms. The Morgan fingerprint density at radius 3 is 2.65 bits per heavy atom. The Morgan fingerprint density at radius 2 is 1.80 bits per heavy atom. The largest absolute Gasteiger partial charge is 0.320 e. The molecule has 2 nitrogen and oxygen atoms in total. The number of rotatable bonds is 2. The predicted molar refractivity (Wildman–Crippen MR) is 84.0 cm³/mol. The van der Waals surface area contributed by atoms with Crippen LogP contribution in [0, 0.1) is 6.92 Å². The Balaban J connectivity index is 2.18. The van der Waals surface area contributed by atoms with Crippen molar-refractivity contribution in [2.24, 2.45) is 5.73 Å². The number of benzene rings is 2. The van der Waals surface area contributed by atoms with E-state index in [2.05, 4.69) is 11.1 Å². The molecular weight excluding hydrogens is 268 g/mol. The van der Waals surface area contributed by atoms with Crippen molar-refractivity contribution in [3.8, 4) is 0 Å². The van der Waals surface area contributed by atoms with E-state index in [4.69, 9.17) is 17.3 Å². The normalized spacial score (nSPS) is 12.6. The Hall–Kier alpha value is -1.90. The zero-order chi connectivity index (χ0) is 14.1. The summed E-state index contributed by atoms with van der Waals surface area (Å²) in [4.78, 5) is 4.30. The lowest BCUT2D eigenvalue weighted by molar-refractivity contribution is 0.864. The molecule has 0 saturated heterocycles. The molecule has 3 aromatic rings. The highest BCUT2D eigenvalue weighted by Gasteiger charge is 2.15. The number of nitrogens with two attached hydrogens (primary N) is 1. The Morgan fingerprint density at radius 1 is 1.00 bits per heavy atom. The summed E-state index contributed by atoms with van der Waals surface area (Å²) < 4.78 is 0. The fourth-order valence-electron chi connectivity index (χ4n) is 2.52. The number of halogens is 1. The standard InChI is InChI=1S/C17H15ClN2/c1-11-13(7-4-8-16(11)18)17(19)15-10-20-9-12-5-2-3-6-14(12)15/h2-10,17H,19H2,1H3. The van der Waals surface area contributed by atoms with Crippen molar-refractivity contribution in [3.05, 3.63) is 76.6 Å².